The number of primary amides is 1. The lowest BCUT2D eigenvalue weighted by Crippen LogP contribution is -2.40. The van der Waals surface area contributed by atoms with Gasteiger partial charge < -0.3 is 11.5 Å². The molecule has 0 radical (unpaired) electrons. The van der Waals surface area contributed by atoms with Gasteiger partial charge in [-0.25, -0.2) is 0 Å². The Morgan fingerprint density at radius 3 is 2.67 bits per heavy atom. The fourth-order valence-corrected chi connectivity index (χ4v) is 2.23. The maximum atomic E-state index is 11.1. The molecule has 4 N–H and O–H groups in total. The third-order valence-electron chi connectivity index (χ3n) is 3.09. The quantitative estimate of drug-likeness (QED) is 0.603. The van der Waals surface area contributed by atoms with Crippen LogP contribution in [0.25, 0.3) is 0 Å². The second-order valence-electron chi connectivity index (χ2n) is 4.30. The predicted molar refractivity (Wildman–Crippen MR) is 61.3 cm³/mol. The zero-order chi connectivity index (χ0) is 11.1. The van der Waals surface area contributed by atoms with Crippen LogP contribution in [0, 0.1) is 0 Å². The van der Waals surface area contributed by atoms with Crippen LogP contribution in [0.2, 0.25) is 0 Å². The van der Waals surface area contributed by atoms with Crippen LogP contribution in [0.4, 0.5) is 0 Å². The van der Waals surface area contributed by atoms with Gasteiger partial charge in [-0.3, -0.25) is 9.69 Å². The molecule has 1 fully saturated rings. The lowest BCUT2D eigenvalue weighted by atomic mass is 10.1. The number of likely N-dealkylation sites (tertiary alicyclic amines) is 1. The van der Waals surface area contributed by atoms with E-state index >= 15 is 0 Å². The SMILES string of the molecule is NCCCCCCN1CCC[C@H]1C(N)=O. The molecule has 0 saturated carbocycles. The summed E-state index contributed by atoms with van der Waals surface area (Å²) in [7, 11) is 0. The zero-order valence-electron chi connectivity index (χ0n) is 9.45. The number of amides is 1. The summed E-state index contributed by atoms with van der Waals surface area (Å²) in [5, 5.41) is 0. The summed E-state index contributed by atoms with van der Waals surface area (Å²) in [5.74, 6) is -0.158. The van der Waals surface area contributed by atoms with Gasteiger partial charge >= 0.3 is 0 Å². The molecule has 1 atom stereocenters. The topological polar surface area (TPSA) is 72.3 Å². The standard InChI is InChI=1S/C11H23N3O/c12-7-3-1-2-4-8-14-9-5-6-10(14)11(13)15/h10H,1-9,12H2,(H2,13,15)/t10-/m0/s1. The van der Waals surface area contributed by atoms with Crippen LogP contribution in [0.15, 0.2) is 0 Å². The van der Waals surface area contributed by atoms with Crippen molar-refractivity contribution < 1.29 is 4.79 Å². The summed E-state index contributed by atoms with van der Waals surface area (Å²) in [6, 6.07) is -0.000455. The van der Waals surface area contributed by atoms with Crippen molar-refractivity contribution in [2.75, 3.05) is 19.6 Å². The van der Waals surface area contributed by atoms with Gasteiger partial charge in [-0.15, -0.1) is 0 Å². The molecule has 0 spiro atoms. The van der Waals surface area contributed by atoms with Crippen LogP contribution in [-0.4, -0.2) is 36.5 Å². The first kappa shape index (κ1) is 12.5. The maximum Gasteiger partial charge on any atom is 0.234 e. The third kappa shape index (κ3) is 4.18. The van der Waals surface area contributed by atoms with Crippen molar-refractivity contribution >= 4 is 5.91 Å². The Bertz CT molecular complexity index is 196. The number of rotatable bonds is 7. The average Bonchev–Trinajstić information content (AvgIpc) is 2.66. The minimum Gasteiger partial charge on any atom is -0.368 e. The van der Waals surface area contributed by atoms with Gasteiger partial charge in [0.15, 0.2) is 0 Å². The van der Waals surface area contributed by atoms with Gasteiger partial charge in [0, 0.05) is 0 Å². The fourth-order valence-electron chi connectivity index (χ4n) is 2.23. The van der Waals surface area contributed by atoms with E-state index < -0.39 is 0 Å². The highest BCUT2D eigenvalue weighted by Gasteiger charge is 2.27. The molecule has 4 heteroatoms. The summed E-state index contributed by atoms with van der Waals surface area (Å²) >= 11 is 0. The Kier molecular flexibility index (Phi) is 5.65. The van der Waals surface area contributed by atoms with Crippen molar-refractivity contribution in [1.29, 1.82) is 0 Å². The van der Waals surface area contributed by atoms with E-state index in [1.807, 2.05) is 0 Å². The molecule has 1 heterocycles. The summed E-state index contributed by atoms with van der Waals surface area (Å²) < 4.78 is 0. The van der Waals surface area contributed by atoms with Crippen LogP contribution in [0.3, 0.4) is 0 Å². The van der Waals surface area contributed by atoms with Gasteiger partial charge in [0.05, 0.1) is 6.04 Å². The number of nitrogens with two attached hydrogens (primary N) is 2. The van der Waals surface area contributed by atoms with Gasteiger partial charge in [-0.2, -0.15) is 0 Å². The van der Waals surface area contributed by atoms with E-state index in [1.165, 1.54) is 12.8 Å². The molecular weight excluding hydrogens is 190 g/mol. The first-order chi connectivity index (χ1) is 7.25. The summed E-state index contributed by atoms with van der Waals surface area (Å²) in [4.78, 5) is 13.3. The minimum absolute atomic E-state index is 0.000455. The third-order valence-corrected chi connectivity index (χ3v) is 3.09. The van der Waals surface area contributed by atoms with Crippen molar-refractivity contribution in [1.82, 2.24) is 4.90 Å². The smallest absolute Gasteiger partial charge is 0.234 e. The van der Waals surface area contributed by atoms with Gasteiger partial charge in [0.1, 0.15) is 0 Å². The second kappa shape index (κ2) is 6.80. The van der Waals surface area contributed by atoms with Gasteiger partial charge in [0.25, 0.3) is 0 Å². The van der Waals surface area contributed by atoms with Crippen LogP contribution >= 0.6 is 0 Å². The highest BCUT2D eigenvalue weighted by molar-refractivity contribution is 5.80. The lowest BCUT2D eigenvalue weighted by molar-refractivity contribution is -0.122. The van der Waals surface area contributed by atoms with Gasteiger partial charge in [-0.1, -0.05) is 12.8 Å². The number of hydrogen-bond donors (Lipinski definition) is 2. The van der Waals surface area contributed by atoms with E-state index in [9.17, 15) is 4.79 Å². The zero-order valence-corrected chi connectivity index (χ0v) is 9.45. The Hall–Kier alpha value is -0.610. The molecule has 0 aromatic carbocycles. The van der Waals surface area contributed by atoms with Crippen molar-refractivity contribution in [3.63, 3.8) is 0 Å². The average molecular weight is 213 g/mol. The van der Waals surface area contributed by atoms with E-state index in [4.69, 9.17) is 11.5 Å². The Balaban J connectivity index is 2.12. The van der Waals surface area contributed by atoms with Crippen LogP contribution in [-0.2, 0) is 4.79 Å². The molecule has 1 rings (SSSR count). The van der Waals surface area contributed by atoms with Crippen molar-refractivity contribution in [3.05, 3.63) is 0 Å². The molecule has 15 heavy (non-hydrogen) atoms. The van der Waals surface area contributed by atoms with Crippen molar-refractivity contribution in [2.24, 2.45) is 11.5 Å². The number of carbonyl (C=O) groups is 1. The highest BCUT2D eigenvalue weighted by atomic mass is 16.1. The summed E-state index contributed by atoms with van der Waals surface area (Å²) in [5.41, 5.74) is 10.8. The molecule has 0 aliphatic carbocycles. The number of unbranched alkanes of at least 4 members (excludes halogenated alkanes) is 3. The molecule has 1 aliphatic heterocycles. The van der Waals surface area contributed by atoms with E-state index in [1.54, 1.807) is 0 Å². The Morgan fingerprint density at radius 1 is 1.27 bits per heavy atom. The summed E-state index contributed by atoms with van der Waals surface area (Å²) in [6.07, 6.45) is 6.72. The van der Waals surface area contributed by atoms with Crippen LogP contribution < -0.4 is 11.5 Å². The van der Waals surface area contributed by atoms with Crippen LogP contribution in [0.5, 0.6) is 0 Å². The Labute approximate surface area is 92.0 Å². The van der Waals surface area contributed by atoms with Crippen molar-refractivity contribution in [2.45, 2.75) is 44.6 Å². The number of hydrogen-bond acceptors (Lipinski definition) is 3. The molecule has 88 valence electrons. The van der Waals surface area contributed by atoms with Crippen molar-refractivity contribution in [3.8, 4) is 0 Å². The monoisotopic (exact) mass is 213 g/mol. The largest absolute Gasteiger partial charge is 0.368 e. The lowest BCUT2D eigenvalue weighted by Gasteiger charge is -2.21. The van der Waals surface area contributed by atoms with E-state index in [0.29, 0.717) is 0 Å². The molecule has 1 saturated heterocycles. The molecule has 0 aromatic rings. The van der Waals surface area contributed by atoms with E-state index in [-0.39, 0.29) is 11.9 Å². The first-order valence-corrected chi connectivity index (χ1v) is 5.99. The highest BCUT2D eigenvalue weighted by Crippen LogP contribution is 2.17. The molecule has 4 nitrogen and oxygen atoms in total. The number of nitrogens with zero attached hydrogens (tertiary/aromatic N) is 1. The molecule has 0 bridgehead atoms. The van der Waals surface area contributed by atoms with Gasteiger partial charge in [-0.05, 0) is 45.3 Å². The predicted octanol–water partition coefficient (Wildman–Crippen LogP) is 0.455. The Morgan fingerprint density at radius 2 is 2.00 bits per heavy atom. The van der Waals surface area contributed by atoms with Gasteiger partial charge in [0.2, 0.25) is 5.91 Å². The van der Waals surface area contributed by atoms with Crippen LogP contribution in [0.1, 0.15) is 38.5 Å². The van der Waals surface area contributed by atoms with E-state index in [2.05, 4.69) is 4.90 Å². The summed E-state index contributed by atoms with van der Waals surface area (Å²) in [6.45, 7) is 2.83. The molecular formula is C11H23N3O. The molecule has 0 unspecified atom stereocenters. The fraction of sp³-hybridized carbons (Fsp3) is 0.909. The first-order valence-electron chi connectivity index (χ1n) is 5.99. The molecule has 1 amide bonds. The maximum absolute atomic E-state index is 11.1. The second-order valence-corrected chi connectivity index (χ2v) is 4.30. The minimum atomic E-state index is -0.158. The molecule has 0 aromatic heterocycles. The number of carbonyl (C=O) groups excluding carboxylic acids is 1. The normalized spacial score (nSPS) is 22.1. The molecule has 1 aliphatic rings. The van der Waals surface area contributed by atoms with E-state index in [0.717, 1.165) is 45.3 Å².